The molecule has 0 aliphatic carbocycles. The Morgan fingerprint density at radius 1 is 1.05 bits per heavy atom. The topological polar surface area (TPSA) is 46.2 Å². The van der Waals surface area contributed by atoms with Gasteiger partial charge in [-0.05, 0) is 36.2 Å². The number of carbonyl (C=O) groups excluding carboxylic acids is 2. The highest BCUT2D eigenvalue weighted by atomic mass is 16.2. The molecule has 0 saturated carbocycles. The maximum atomic E-state index is 11.4. The first-order valence-electron chi connectivity index (χ1n) is 6.30. The fourth-order valence-electron chi connectivity index (χ4n) is 2.01. The Bertz CT molecular complexity index is 632. The molecule has 1 amide bonds. The van der Waals surface area contributed by atoms with Gasteiger partial charge in [0.2, 0.25) is 5.91 Å². The molecule has 19 heavy (non-hydrogen) atoms. The van der Waals surface area contributed by atoms with E-state index in [0.717, 1.165) is 10.9 Å². The summed E-state index contributed by atoms with van der Waals surface area (Å²) in [7, 11) is 0. The molecule has 0 fully saturated rings. The molecule has 0 aliphatic rings. The lowest BCUT2D eigenvalue weighted by Gasteiger charge is -2.06. The number of fused-ring (bicyclic) bond motifs is 1. The highest BCUT2D eigenvalue weighted by Crippen LogP contribution is 2.17. The van der Waals surface area contributed by atoms with Crippen LogP contribution in [0.2, 0.25) is 0 Å². The second-order valence-corrected chi connectivity index (χ2v) is 4.84. The molecule has 0 heterocycles. The van der Waals surface area contributed by atoms with Crippen LogP contribution in [0.3, 0.4) is 0 Å². The number of hydrogen-bond donors (Lipinski definition) is 1. The Labute approximate surface area is 112 Å². The molecular formula is C16H17NO2. The van der Waals surface area contributed by atoms with Gasteiger partial charge in [-0.2, -0.15) is 0 Å². The maximum Gasteiger partial charge on any atom is 0.227 e. The Morgan fingerprint density at radius 2 is 1.74 bits per heavy atom. The summed E-state index contributed by atoms with van der Waals surface area (Å²) >= 11 is 0. The number of amides is 1. The highest BCUT2D eigenvalue weighted by Gasteiger charge is 2.04. The first-order chi connectivity index (χ1) is 9.04. The standard InChI is InChI=1S/C16H17NO2/c1-11-3-5-15-9-13(4-6-14(15)7-11)10-17-16(19)8-12(2)18/h3-7,9H,8,10H2,1-2H3,(H,17,19). The van der Waals surface area contributed by atoms with E-state index in [-0.39, 0.29) is 18.1 Å². The van der Waals surface area contributed by atoms with Crippen molar-refractivity contribution in [2.75, 3.05) is 0 Å². The largest absolute Gasteiger partial charge is 0.352 e. The maximum absolute atomic E-state index is 11.4. The fraction of sp³-hybridized carbons (Fsp3) is 0.250. The smallest absolute Gasteiger partial charge is 0.227 e. The van der Waals surface area contributed by atoms with Gasteiger partial charge in [-0.15, -0.1) is 0 Å². The third-order valence-electron chi connectivity index (χ3n) is 2.96. The molecule has 2 aromatic carbocycles. The zero-order chi connectivity index (χ0) is 13.8. The lowest BCUT2D eigenvalue weighted by molar-refractivity contribution is -0.127. The van der Waals surface area contributed by atoms with Crippen molar-refractivity contribution >= 4 is 22.5 Å². The van der Waals surface area contributed by atoms with E-state index in [1.807, 2.05) is 6.07 Å². The molecule has 0 aliphatic heterocycles. The lowest BCUT2D eigenvalue weighted by atomic mass is 10.0. The van der Waals surface area contributed by atoms with E-state index in [4.69, 9.17) is 0 Å². The predicted molar refractivity (Wildman–Crippen MR) is 75.8 cm³/mol. The first-order valence-corrected chi connectivity index (χ1v) is 6.30. The number of Topliss-reactive ketones (excluding diaryl/α,β-unsaturated/α-hetero) is 1. The lowest BCUT2D eigenvalue weighted by Crippen LogP contribution is -2.24. The highest BCUT2D eigenvalue weighted by molar-refractivity contribution is 5.96. The van der Waals surface area contributed by atoms with Gasteiger partial charge in [-0.1, -0.05) is 35.9 Å². The van der Waals surface area contributed by atoms with E-state index in [2.05, 4.69) is 42.6 Å². The number of ketones is 1. The molecule has 0 atom stereocenters. The van der Waals surface area contributed by atoms with Crippen molar-refractivity contribution in [3.8, 4) is 0 Å². The number of carbonyl (C=O) groups is 2. The summed E-state index contributed by atoms with van der Waals surface area (Å²) < 4.78 is 0. The Hall–Kier alpha value is -2.16. The minimum atomic E-state index is -0.225. The van der Waals surface area contributed by atoms with Crippen molar-refractivity contribution in [3.63, 3.8) is 0 Å². The summed E-state index contributed by atoms with van der Waals surface area (Å²) in [5, 5.41) is 5.10. The van der Waals surface area contributed by atoms with Crippen LogP contribution in [0.25, 0.3) is 10.8 Å². The van der Waals surface area contributed by atoms with Crippen LogP contribution in [0, 0.1) is 6.92 Å². The summed E-state index contributed by atoms with van der Waals surface area (Å²) in [5.41, 5.74) is 2.27. The molecule has 2 rings (SSSR count). The van der Waals surface area contributed by atoms with Crippen molar-refractivity contribution < 1.29 is 9.59 Å². The molecule has 0 unspecified atom stereocenters. The van der Waals surface area contributed by atoms with Crippen LogP contribution in [0.4, 0.5) is 0 Å². The van der Waals surface area contributed by atoms with E-state index in [1.54, 1.807) is 0 Å². The average molecular weight is 255 g/mol. The van der Waals surface area contributed by atoms with Gasteiger partial charge in [0.05, 0.1) is 6.42 Å². The summed E-state index contributed by atoms with van der Waals surface area (Å²) in [6.45, 7) is 3.93. The number of nitrogens with one attached hydrogen (secondary N) is 1. The third kappa shape index (κ3) is 3.65. The van der Waals surface area contributed by atoms with Crippen LogP contribution in [-0.4, -0.2) is 11.7 Å². The number of benzene rings is 2. The van der Waals surface area contributed by atoms with E-state index >= 15 is 0 Å². The Kier molecular flexibility index (Phi) is 3.95. The van der Waals surface area contributed by atoms with Gasteiger partial charge in [-0.25, -0.2) is 0 Å². The quantitative estimate of drug-likeness (QED) is 0.854. The second kappa shape index (κ2) is 5.65. The molecular weight excluding hydrogens is 238 g/mol. The molecule has 0 bridgehead atoms. The molecule has 0 aromatic heterocycles. The van der Waals surface area contributed by atoms with Gasteiger partial charge in [0.1, 0.15) is 5.78 Å². The van der Waals surface area contributed by atoms with Crippen LogP contribution in [-0.2, 0) is 16.1 Å². The third-order valence-corrected chi connectivity index (χ3v) is 2.96. The van der Waals surface area contributed by atoms with E-state index in [0.29, 0.717) is 6.54 Å². The van der Waals surface area contributed by atoms with Crippen LogP contribution < -0.4 is 5.32 Å². The number of rotatable bonds is 4. The van der Waals surface area contributed by atoms with Gasteiger partial charge in [0.15, 0.2) is 0 Å². The van der Waals surface area contributed by atoms with Crippen LogP contribution in [0.5, 0.6) is 0 Å². The summed E-state index contributed by atoms with van der Waals surface area (Å²) in [5.74, 6) is -0.344. The van der Waals surface area contributed by atoms with Crippen molar-refractivity contribution in [2.45, 2.75) is 26.8 Å². The van der Waals surface area contributed by atoms with Crippen molar-refractivity contribution in [3.05, 3.63) is 47.5 Å². The molecule has 3 heteroatoms. The van der Waals surface area contributed by atoms with Crippen LogP contribution in [0.1, 0.15) is 24.5 Å². The van der Waals surface area contributed by atoms with Crippen LogP contribution in [0.15, 0.2) is 36.4 Å². The summed E-state index contributed by atoms with van der Waals surface area (Å²) in [6, 6.07) is 12.4. The molecule has 2 aromatic rings. The van der Waals surface area contributed by atoms with E-state index < -0.39 is 0 Å². The molecule has 98 valence electrons. The van der Waals surface area contributed by atoms with Gasteiger partial charge < -0.3 is 5.32 Å². The first kappa shape index (κ1) is 13.3. The number of aryl methyl sites for hydroxylation is 1. The molecule has 0 spiro atoms. The molecule has 0 radical (unpaired) electrons. The second-order valence-electron chi connectivity index (χ2n) is 4.84. The predicted octanol–water partition coefficient (Wildman–Crippen LogP) is 2.74. The number of hydrogen-bond acceptors (Lipinski definition) is 2. The van der Waals surface area contributed by atoms with Crippen molar-refractivity contribution in [1.82, 2.24) is 5.32 Å². The van der Waals surface area contributed by atoms with E-state index in [1.165, 1.54) is 17.9 Å². The molecule has 1 N–H and O–H groups in total. The van der Waals surface area contributed by atoms with Gasteiger partial charge >= 0.3 is 0 Å². The van der Waals surface area contributed by atoms with E-state index in [9.17, 15) is 9.59 Å². The fourth-order valence-corrected chi connectivity index (χ4v) is 2.01. The zero-order valence-corrected chi connectivity index (χ0v) is 11.2. The molecule has 0 saturated heterocycles. The van der Waals surface area contributed by atoms with Crippen molar-refractivity contribution in [2.24, 2.45) is 0 Å². The Balaban J connectivity index is 2.07. The minimum Gasteiger partial charge on any atom is -0.352 e. The minimum absolute atomic E-state index is 0.0488. The zero-order valence-electron chi connectivity index (χ0n) is 11.2. The van der Waals surface area contributed by atoms with Crippen LogP contribution >= 0.6 is 0 Å². The van der Waals surface area contributed by atoms with Crippen molar-refractivity contribution in [1.29, 1.82) is 0 Å². The van der Waals surface area contributed by atoms with Gasteiger partial charge in [0, 0.05) is 6.54 Å². The SMILES string of the molecule is CC(=O)CC(=O)NCc1ccc2cc(C)ccc2c1. The summed E-state index contributed by atoms with van der Waals surface area (Å²) in [4.78, 5) is 22.2. The van der Waals surface area contributed by atoms with Gasteiger partial charge in [-0.3, -0.25) is 9.59 Å². The van der Waals surface area contributed by atoms with Gasteiger partial charge in [0.25, 0.3) is 0 Å². The Morgan fingerprint density at radius 3 is 2.47 bits per heavy atom. The monoisotopic (exact) mass is 255 g/mol. The normalized spacial score (nSPS) is 10.4. The molecule has 3 nitrogen and oxygen atoms in total. The summed E-state index contributed by atoms with van der Waals surface area (Å²) in [6.07, 6.45) is -0.0488. The average Bonchev–Trinajstić information content (AvgIpc) is 2.35.